The van der Waals surface area contributed by atoms with E-state index in [1.165, 1.54) is 6.92 Å². The molecule has 4 heteroatoms. The highest BCUT2D eigenvalue weighted by Crippen LogP contribution is 2.05. The SMILES string of the molecule is [2H]C([2H])([2H])[C@H](CCCCCOC(C)=O)NC(=O)c1ccccc1. The normalized spacial score (nSPS) is 14.6. The fourth-order valence-electron chi connectivity index (χ4n) is 1.75. The monoisotopic (exact) mass is 280 g/mol. The van der Waals surface area contributed by atoms with E-state index in [0.29, 0.717) is 31.4 Å². The predicted molar refractivity (Wildman–Crippen MR) is 78.5 cm³/mol. The summed E-state index contributed by atoms with van der Waals surface area (Å²) in [4.78, 5) is 22.7. The van der Waals surface area contributed by atoms with Gasteiger partial charge in [-0.05, 0) is 38.2 Å². The first-order chi connectivity index (χ1) is 10.8. The van der Waals surface area contributed by atoms with E-state index in [-0.39, 0.29) is 11.9 Å². The van der Waals surface area contributed by atoms with Crippen molar-refractivity contribution in [2.75, 3.05) is 6.61 Å². The fourth-order valence-corrected chi connectivity index (χ4v) is 1.75. The molecule has 20 heavy (non-hydrogen) atoms. The molecule has 0 heterocycles. The maximum Gasteiger partial charge on any atom is 0.302 e. The van der Waals surface area contributed by atoms with Crippen LogP contribution in [0.3, 0.4) is 0 Å². The molecule has 1 aromatic rings. The van der Waals surface area contributed by atoms with Gasteiger partial charge in [0.1, 0.15) is 0 Å². The number of hydrogen-bond donors (Lipinski definition) is 1. The quantitative estimate of drug-likeness (QED) is 0.588. The summed E-state index contributed by atoms with van der Waals surface area (Å²) >= 11 is 0. The molecule has 0 aliphatic rings. The molecule has 0 bridgehead atoms. The lowest BCUT2D eigenvalue weighted by Gasteiger charge is -2.13. The van der Waals surface area contributed by atoms with Gasteiger partial charge in [-0.25, -0.2) is 0 Å². The number of ether oxygens (including phenoxy) is 1. The van der Waals surface area contributed by atoms with Crippen LogP contribution >= 0.6 is 0 Å². The van der Waals surface area contributed by atoms with Gasteiger partial charge in [0.15, 0.2) is 0 Å². The minimum absolute atomic E-state index is 0.319. The molecule has 0 aromatic heterocycles. The number of rotatable bonds is 8. The number of unbranched alkanes of at least 4 members (excludes halogenated alkanes) is 2. The van der Waals surface area contributed by atoms with Crippen molar-refractivity contribution in [2.45, 2.75) is 45.5 Å². The van der Waals surface area contributed by atoms with Gasteiger partial charge in [-0.15, -0.1) is 0 Å². The van der Waals surface area contributed by atoms with Crippen LogP contribution in [0.15, 0.2) is 30.3 Å². The van der Waals surface area contributed by atoms with Crippen molar-refractivity contribution in [2.24, 2.45) is 0 Å². The smallest absolute Gasteiger partial charge is 0.302 e. The average Bonchev–Trinajstić information content (AvgIpc) is 2.48. The average molecular weight is 280 g/mol. The molecule has 1 N–H and O–H groups in total. The molecule has 1 aromatic carbocycles. The number of esters is 1. The highest BCUT2D eigenvalue weighted by Gasteiger charge is 2.08. The minimum Gasteiger partial charge on any atom is -0.466 e. The van der Waals surface area contributed by atoms with Crippen molar-refractivity contribution in [3.63, 3.8) is 0 Å². The first-order valence-corrected chi connectivity index (χ1v) is 6.80. The van der Waals surface area contributed by atoms with Gasteiger partial charge in [0.25, 0.3) is 5.91 Å². The molecule has 0 spiro atoms. The molecule has 4 nitrogen and oxygen atoms in total. The van der Waals surface area contributed by atoms with Crippen LogP contribution in [0.1, 0.15) is 53.9 Å². The number of carbonyl (C=O) groups excluding carboxylic acids is 2. The fraction of sp³-hybridized carbons (Fsp3) is 0.500. The van der Waals surface area contributed by atoms with E-state index in [0.717, 1.165) is 6.42 Å². The zero-order chi connectivity index (χ0) is 17.3. The van der Waals surface area contributed by atoms with Crippen LogP contribution < -0.4 is 5.32 Å². The first kappa shape index (κ1) is 11.9. The molecule has 0 aliphatic carbocycles. The van der Waals surface area contributed by atoms with Crippen LogP contribution in [-0.2, 0) is 9.53 Å². The van der Waals surface area contributed by atoms with E-state index < -0.39 is 12.9 Å². The lowest BCUT2D eigenvalue weighted by Crippen LogP contribution is -2.32. The van der Waals surface area contributed by atoms with E-state index in [1.54, 1.807) is 30.3 Å². The summed E-state index contributed by atoms with van der Waals surface area (Å²) < 4.78 is 27.5. The van der Waals surface area contributed by atoms with E-state index in [4.69, 9.17) is 8.85 Å². The van der Waals surface area contributed by atoms with E-state index in [2.05, 4.69) is 5.32 Å². The third-order valence-electron chi connectivity index (χ3n) is 2.78. The van der Waals surface area contributed by atoms with Crippen LogP contribution in [0.2, 0.25) is 0 Å². The Bertz CT molecular complexity index is 503. The Balaban J connectivity index is 2.44. The third kappa shape index (κ3) is 6.92. The summed E-state index contributed by atoms with van der Waals surface area (Å²) in [5.41, 5.74) is 0.441. The molecular weight excluding hydrogens is 254 g/mol. The molecule has 1 atom stereocenters. The van der Waals surface area contributed by atoms with Gasteiger partial charge in [-0.1, -0.05) is 24.6 Å². The molecule has 0 saturated heterocycles. The van der Waals surface area contributed by atoms with Gasteiger partial charge in [-0.2, -0.15) is 0 Å². The van der Waals surface area contributed by atoms with Crippen LogP contribution in [-0.4, -0.2) is 24.5 Å². The predicted octanol–water partition coefficient (Wildman–Crippen LogP) is 2.93. The third-order valence-corrected chi connectivity index (χ3v) is 2.78. The lowest BCUT2D eigenvalue weighted by molar-refractivity contribution is -0.141. The van der Waals surface area contributed by atoms with Crippen LogP contribution in [0.25, 0.3) is 0 Å². The topological polar surface area (TPSA) is 55.4 Å². The lowest BCUT2D eigenvalue weighted by atomic mass is 10.1. The van der Waals surface area contributed by atoms with Gasteiger partial charge in [-0.3, -0.25) is 9.59 Å². The summed E-state index contributed by atoms with van der Waals surface area (Å²) in [6, 6.07) is 7.66. The van der Waals surface area contributed by atoms with Crippen LogP contribution in [0, 0.1) is 0 Å². The Morgan fingerprint density at radius 3 is 2.65 bits per heavy atom. The second-order valence-electron chi connectivity index (χ2n) is 4.58. The molecule has 110 valence electrons. The van der Waals surface area contributed by atoms with Gasteiger partial charge in [0.05, 0.1) is 6.61 Å². The van der Waals surface area contributed by atoms with E-state index in [1.807, 2.05) is 0 Å². The number of nitrogens with one attached hydrogen (secondary N) is 1. The number of carbonyl (C=O) groups is 2. The Morgan fingerprint density at radius 2 is 2.00 bits per heavy atom. The minimum atomic E-state index is -2.25. The van der Waals surface area contributed by atoms with Crippen molar-refractivity contribution in [1.29, 1.82) is 0 Å². The van der Waals surface area contributed by atoms with Crippen molar-refractivity contribution >= 4 is 11.9 Å². The van der Waals surface area contributed by atoms with Crippen molar-refractivity contribution in [3.05, 3.63) is 35.9 Å². The van der Waals surface area contributed by atoms with E-state index in [9.17, 15) is 9.59 Å². The molecule has 0 saturated carbocycles. The van der Waals surface area contributed by atoms with Crippen molar-refractivity contribution in [3.8, 4) is 0 Å². The summed E-state index contributed by atoms with van der Waals surface area (Å²) in [5.74, 6) is -0.702. The number of hydrogen-bond acceptors (Lipinski definition) is 3. The first-order valence-electron chi connectivity index (χ1n) is 8.30. The van der Waals surface area contributed by atoms with Crippen molar-refractivity contribution in [1.82, 2.24) is 5.32 Å². The zero-order valence-corrected chi connectivity index (χ0v) is 11.7. The zero-order valence-electron chi connectivity index (χ0n) is 14.7. The number of benzene rings is 1. The van der Waals surface area contributed by atoms with Gasteiger partial charge >= 0.3 is 5.97 Å². The highest BCUT2D eigenvalue weighted by atomic mass is 16.5. The summed E-state index contributed by atoms with van der Waals surface area (Å²) in [6.45, 7) is -0.561. The van der Waals surface area contributed by atoms with Gasteiger partial charge in [0, 0.05) is 22.6 Å². The Kier molecular flexibility index (Phi) is 5.45. The molecule has 1 amide bonds. The van der Waals surface area contributed by atoms with Crippen LogP contribution in [0.5, 0.6) is 0 Å². The van der Waals surface area contributed by atoms with Gasteiger partial charge in [0.2, 0.25) is 0 Å². The Hall–Kier alpha value is -1.84. The molecule has 1 rings (SSSR count). The van der Waals surface area contributed by atoms with Crippen LogP contribution in [0.4, 0.5) is 0 Å². The largest absolute Gasteiger partial charge is 0.466 e. The summed E-state index contributed by atoms with van der Waals surface area (Å²) in [6.07, 6.45) is 2.41. The van der Waals surface area contributed by atoms with E-state index >= 15 is 0 Å². The maximum atomic E-state index is 12.1. The standard InChI is InChI=1S/C16H23NO3/c1-13(9-5-4-8-12-20-14(2)18)17-16(19)15-10-6-3-7-11-15/h3,6-7,10-11,13H,4-5,8-9,12H2,1-2H3,(H,17,19)/t13-/m1/s1/i1D3. The molecule has 0 radical (unpaired) electrons. The number of amides is 1. The maximum absolute atomic E-state index is 12.1. The second kappa shape index (κ2) is 9.13. The Morgan fingerprint density at radius 1 is 1.25 bits per heavy atom. The van der Waals surface area contributed by atoms with Crippen molar-refractivity contribution < 1.29 is 18.4 Å². The highest BCUT2D eigenvalue weighted by molar-refractivity contribution is 5.94. The van der Waals surface area contributed by atoms with Gasteiger partial charge < -0.3 is 10.1 Å². The molecule has 0 unspecified atom stereocenters. The summed E-state index contributed by atoms with van der Waals surface area (Å²) in [7, 11) is 0. The second-order valence-corrected chi connectivity index (χ2v) is 4.58. The summed E-state index contributed by atoms with van der Waals surface area (Å²) in [5, 5.41) is 2.60. The molecular formula is C16H23NO3. The Labute approximate surface area is 124 Å². The molecule has 0 fully saturated rings. The molecule has 0 aliphatic heterocycles.